The van der Waals surface area contributed by atoms with E-state index in [0.717, 1.165) is 19.3 Å². The molecular weight excluding hydrogens is 468 g/mol. The van der Waals surface area contributed by atoms with Crippen LogP contribution >= 0.6 is 24.0 Å². The highest BCUT2D eigenvalue weighted by atomic mass is 32.2. The van der Waals surface area contributed by atoms with Crippen molar-refractivity contribution in [3.05, 3.63) is 45.2 Å². The number of hydrogen-bond donors (Lipinski definition) is 1. The van der Waals surface area contributed by atoms with Crippen LogP contribution in [0.4, 0.5) is 5.82 Å². The van der Waals surface area contributed by atoms with E-state index >= 15 is 0 Å². The SMILES string of the molecule is CCCCCCCCN1C(=O)/C(=C\c2c(NCCCOCC)nc3ccccn3c2=O)SC1=S. The van der Waals surface area contributed by atoms with Crippen LogP contribution in [0, 0.1) is 0 Å². The number of ether oxygens (including phenoxy) is 1. The van der Waals surface area contributed by atoms with E-state index in [0.29, 0.717) is 52.6 Å². The Morgan fingerprint density at radius 2 is 1.91 bits per heavy atom. The highest BCUT2D eigenvalue weighted by Gasteiger charge is 2.32. The fourth-order valence-electron chi connectivity index (χ4n) is 3.77. The Kier molecular flexibility index (Phi) is 10.6. The van der Waals surface area contributed by atoms with Crippen LogP contribution in [-0.2, 0) is 9.53 Å². The molecule has 1 N–H and O–H groups in total. The number of thiocarbonyl (C=S) groups is 1. The first kappa shape index (κ1) is 26.4. The minimum atomic E-state index is -0.223. The van der Waals surface area contributed by atoms with Crippen LogP contribution in [0.15, 0.2) is 34.1 Å². The summed E-state index contributed by atoms with van der Waals surface area (Å²) in [6.07, 6.45) is 11.0. The smallest absolute Gasteiger partial charge is 0.267 e. The number of unbranched alkanes of at least 4 members (excludes halogenated alkanes) is 5. The van der Waals surface area contributed by atoms with E-state index in [4.69, 9.17) is 17.0 Å². The fraction of sp³-hybridized carbons (Fsp3) is 0.520. The zero-order valence-electron chi connectivity index (χ0n) is 20.0. The van der Waals surface area contributed by atoms with Crippen LogP contribution in [0.5, 0.6) is 0 Å². The third kappa shape index (κ3) is 6.90. The molecule has 1 saturated heterocycles. The molecular formula is C25H34N4O3S2. The van der Waals surface area contributed by atoms with Crippen molar-refractivity contribution >= 4 is 51.7 Å². The molecule has 2 aromatic heterocycles. The standard InChI is InChI=1S/C25H34N4O3S2/c1-3-5-6-7-8-10-16-29-24(31)20(34-25(29)33)18-19-22(26-14-12-17-32-4-2)27-21-13-9-11-15-28(21)23(19)30/h9,11,13,15,18,26H,3-8,10,12,14,16-17H2,1-2H3/b20-18+. The van der Waals surface area contributed by atoms with Gasteiger partial charge in [-0.25, -0.2) is 4.98 Å². The summed E-state index contributed by atoms with van der Waals surface area (Å²) >= 11 is 6.73. The molecule has 184 valence electrons. The molecule has 3 heterocycles. The minimum absolute atomic E-state index is 0.136. The molecule has 1 aliphatic rings. The van der Waals surface area contributed by atoms with E-state index in [-0.39, 0.29) is 11.5 Å². The lowest BCUT2D eigenvalue weighted by atomic mass is 10.1. The van der Waals surface area contributed by atoms with E-state index in [2.05, 4.69) is 17.2 Å². The average molecular weight is 503 g/mol. The Morgan fingerprint density at radius 3 is 2.71 bits per heavy atom. The van der Waals surface area contributed by atoms with Crippen molar-refractivity contribution < 1.29 is 9.53 Å². The average Bonchev–Trinajstić information content (AvgIpc) is 3.10. The van der Waals surface area contributed by atoms with Gasteiger partial charge in [-0.3, -0.25) is 18.9 Å². The molecule has 0 bridgehead atoms. The van der Waals surface area contributed by atoms with Gasteiger partial charge in [0.15, 0.2) is 0 Å². The number of rotatable bonds is 14. The van der Waals surface area contributed by atoms with Crippen molar-refractivity contribution in [1.29, 1.82) is 0 Å². The van der Waals surface area contributed by atoms with Crippen LogP contribution in [-0.4, -0.2) is 50.8 Å². The van der Waals surface area contributed by atoms with E-state index in [9.17, 15) is 9.59 Å². The number of nitrogens with zero attached hydrogens (tertiary/aromatic N) is 3. The zero-order chi connectivity index (χ0) is 24.3. The highest BCUT2D eigenvalue weighted by molar-refractivity contribution is 8.26. The lowest BCUT2D eigenvalue weighted by molar-refractivity contribution is -0.122. The Labute approximate surface area is 211 Å². The Morgan fingerprint density at radius 1 is 1.12 bits per heavy atom. The monoisotopic (exact) mass is 502 g/mol. The van der Waals surface area contributed by atoms with Gasteiger partial charge >= 0.3 is 0 Å². The number of fused-ring (bicyclic) bond motifs is 1. The summed E-state index contributed by atoms with van der Waals surface area (Å²) in [5.41, 5.74) is 0.687. The molecule has 0 aromatic carbocycles. The predicted octanol–water partition coefficient (Wildman–Crippen LogP) is 5.09. The van der Waals surface area contributed by atoms with E-state index < -0.39 is 0 Å². The van der Waals surface area contributed by atoms with Gasteiger partial charge in [0.25, 0.3) is 11.5 Å². The summed E-state index contributed by atoms with van der Waals surface area (Å²) in [7, 11) is 0. The van der Waals surface area contributed by atoms with Gasteiger partial charge < -0.3 is 10.1 Å². The number of amides is 1. The number of thioether (sulfide) groups is 1. The number of aromatic nitrogens is 2. The summed E-state index contributed by atoms with van der Waals surface area (Å²) < 4.78 is 7.43. The van der Waals surface area contributed by atoms with Gasteiger partial charge in [0.05, 0.1) is 10.5 Å². The summed E-state index contributed by atoms with van der Waals surface area (Å²) in [6, 6.07) is 5.42. The summed E-state index contributed by atoms with van der Waals surface area (Å²) in [4.78, 5) is 33.1. The second-order valence-electron chi connectivity index (χ2n) is 8.19. The third-order valence-electron chi connectivity index (χ3n) is 5.62. The van der Waals surface area contributed by atoms with Crippen molar-refractivity contribution in [1.82, 2.24) is 14.3 Å². The molecule has 1 aliphatic heterocycles. The van der Waals surface area contributed by atoms with Crippen LogP contribution < -0.4 is 10.9 Å². The zero-order valence-corrected chi connectivity index (χ0v) is 21.7. The number of pyridine rings is 1. The molecule has 0 spiro atoms. The summed E-state index contributed by atoms with van der Waals surface area (Å²) in [5.74, 6) is 0.331. The second kappa shape index (κ2) is 13.6. The summed E-state index contributed by atoms with van der Waals surface area (Å²) in [6.45, 7) is 6.68. The minimum Gasteiger partial charge on any atom is -0.382 e. The largest absolute Gasteiger partial charge is 0.382 e. The number of anilines is 1. The molecule has 0 atom stereocenters. The topological polar surface area (TPSA) is 75.9 Å². The van der Waals surface area contributed by atoms with E-state index in [1.807, 2.05) is 13.0 Å². The van der Waals surface area contributed by atoms with Crippen molar-refractivity contribution in [3.8, 4) is 0 Å². The maximum Gasteiger partial charge on any atom is 0.267 e. The van der Waals surface area contributed by atoms with Gasteiger partial charge in [-0.15, -0.1) is 0 Å². The number of nitrogens with one attached hydrogen (secondary N) is 1. The first-order valence-electron chi connectivity index (χ1n) is 12.1. The van der Waals surface area contributed by atoms with Gasteiger partial charge in [0.1, 0.15) is 15.8 Å². The van der Waals surface area contributed by atoms with E-state index in [1.165, 1.54) is 41.8 Å². The molecule has 2 aromatic rings. The van der Waals surface area contributed by atoms with Crippen molar-refractivity contribution in [3.63, 3.8) is 0 Å². The first-order chi connectivity index (χ1) is 16.6. The van der Waals surface area contributed by atoms with Gasteiger partial charge in [0, 0.05) is 32.5 Å². The highest BCUT2D eigenvalue weighted by Crippen LogP contribution is 2.33. The van der Waals surface area contributed by atoms with Crippen molar-refractivity contribution in [2.75, 3.05) is 31.6 Å². The molecule has 1 amide bonds. The van der Waals surface area contributed by atoms with Crippen molar-refractivity contribution in [2.45, 2.75) is 58.8 Å². The number of carbonyl (C=O) groups excluding carboxylic acids is 1. The van der Waals surface area contributed by atoms with Crippen LogP contribution in [0.1, 0.15) is 64.4 Å². The van der Waals surface area contributed by atoms with Gasteiger partial charge in [-0.05, 0) is 38.0 Å². The summed E-state index contributed by atoms with van der Waals surface area (Å²) in [5, 5.41) is 3.26. The van der Waals surface area contributed by atoms with Gasteiger partial charge in [-0.1, -0.05) is 69.1 Å². The molecule has 0 unspecified atom stereocenters. The molecule has 3 rings (SSSR count). The normalized spacial score (nSPS) is 15.1. The molecule has 0 aliphatic carbocycles. The van der Waals surface area contributed by atoms with Crippen LogP contribution in [0.25, 0.3) is 11.7 Å². The van der Waals surface area contributed by atoms with E-state index in [1.54, 1.807) is 29.3 Å². The Bertz CT molecular complexity index is 1080. The second-order valence-corrected chi connectivity index (χ2v) is 9.86. The van der Waals surface area contributed by atoms with Gasteiger partial charge in [-0.2, -0.15) is 0 Å². The number of hydrogen-bond acceptors (Lipinski definition) is 7. The number of carbonyl (C=O) groups is 1. The molecule has 9 heteroatoms. The third-order valence-corrected chi connectivity index (χ3v) is 6.99. The maximum atomic E-state index is 13.3. The molecule has 7 nitrogen and oxygen atoms in total. The molecule has 0 radical (unpaired) electrons. The quantitative estimate of drug-likeness (QED) is 0.219. The molecule has 1 fully saturated rings. The molecule has 0 saturated carbocycles. The fourth-order valence-corrected chi connectivity index (χ4v) is 5.06. The predicted molar refractivity (Wildman–Crippen MR) is 144 cm³/mol. The van der Waals surface area contributed by atoms with Crippen molar-refractivity contribution in [2.24, 2.45) is 0 Å². The lowest BCUT2D eigenvalue weighted by Gasteiger charge is -2.14. The molecule has 34 heavy (non-hydrogen) atoms. The maximum absolute atomic E-state index is 13.3. The lowest BCUT2D eigenvalue weighted by Crippen LogP contribution is -2.29. The first-order valence-corrected chi connectivity index (χ1v) is 13.4. The Hall–Kier alpha value is -2.23. The Balaban J connectivity index is 1.78. The van der Waals surface area contributed by atoms with Crippen LogP contribution in [0.3, 0.4) is 0 Å². The van der Waals surface area contributed by atoms with Crippen LogP contribution in [0.2, 0.25) is 0 Å². The van der Waals surface area contributed by atoms with Gasteiger partial charge in [0.2, 0.25) is 0 Å².